The second-order valence-electron chi connectivity index (χ2n) is 5.97. The molecule has 0 fully saturated rings. The van der Waals surface area contributed by atoms with Crippen molar-refractivity contribution in [2.24, 2.45) is 11.1 Å². The average Bonchev–Trinajstić information content (AvgIpc) is 2.42. The van der Waals surface area contributed by atoms with Gasteiger partial charge in [0.15, 0.2) is 0 Å². The van der Waals surface area contributed by atoms with Crippen molar-refractivity contribution >= 4 is 11.6 Å². The molecule has 114 valence electrons. The molecule has 1 rings (SSSR count). The maximum atomic E-state index is 12.1. The molecule has 0 saturated carbocycles. The normalized spacial score (nSPS) is 12.3. The van der Waals surface area contributed by atoms with E-state index in [0.717, 1.165) is 0 Å². The fourth-order valence-electron chi connectivity index (χ4n) is 1.62. The number of hydrogen-bond acceptors (Lipinski definition) is 4. The van der Waals surface area contributed by atoms with Crippen molar-refractivity contribution in [2.75, 3.05) is 11.9 Å². The molecule has 0 unspecified atom stereocenters. The molecule has 0 bridgehead atoms. The number of nitrogens with one attached hydrogen (secondary N) is 1. The molecule has 0 spiro atoms. The van der Waals surface area contributed by atoms with Crippen LogP contribution < -0.4 is 15.8 Å². The first-order valence-electron chi connectivity index (χ1n) is 7.01. The lowest BCUT2D eigenvalue weighted by molar-refractivity contribution is -0.119. The second kappa shape index (κ2) is 7.65. The summed E-state index contributed by atoms with van der Waals surface area (Å²) in [6, 6.07) is 8.63. The van der Waals surface area contributed by atoms with Gasteiger partial charge >= 0.3 is 0 Å². The van der Waals surface area contributed by atoms with E-state index >= 15 is 0 Å². The van der Waals surface area contributed by atoms with E-state index < -0.39 is 6.04 Å². The zero-order chi connectivity index (χ0) is 15.9. The number of carbonyl (C=O) groups is 1. The molecule has 1 amide bonds. The Balaban J connectivity index is 2.60. The molecule has 3 N–H and O–H groups in total. The molecule has 1 aromatic carbocycles. The van der Waals surface area contributed by atoms with Gasteiger partial charge in [-0.1, -0.05) is 26.8 Å². The highest BCUT2D eigenvalue weighted by atomic mass is 16.5. The Morgan fingerprint density at radius 3 is 2.81 bits per heavy atom. The van der Waals surface area contributed by atoms with Crippen LogP contribution in [0.2, 0.25) is 0 Å². The van der Waals surface area contributed by atoms with Gasteiger partial charge < -0.3 is 15.8 Å². The SMILES string of the molecule is CC(C)(C)[C@H](N)C(=O)Nc1cccc(OCCCC#N)c1. The molecule has 5 heteroatoms. The Morgan fingerprint density at radius 2 is 2.19 bits per heavy atom. The van der Waals surface area contributed by atoms with Crippen LogP contribution >= 0.6 is 0 Å². The summed E-state index contributed by atoms with van der Waals surface area (Å²) in [5, 5.41) is 11.3. The van der Waals surface area contributed by atoms with E-state index in [-0.39, 0.29) is 11.3 Å². The molecule has 0 saturated heterocycles. The first-order valence-corrected chi connectivity index (χ1v) is 7.01. The minimum absolute atomic E-state index is 0.218. The van der Waals surface area contributed by atoms with Crippen LogP contribution in [-0.4, -0.2) is 18.6 Å². The first-order chi connectivity index (χ1) is 9.84. The number of benzene rings is 1. The average molecular weight is 289 g/mol. The van der Waals surface area contributed by atoms with Crippen LogP contribution in [0.1, 0.15) is 33.6 Å². The summed E-state index contributed by atoms with van der Waals surface area (Å²) in [5.74, 6) is 0.444. The third-order valence-corrected chi connectivity index (χ3v) is 3.02. The maximum Gasteiger partial charge on any atom is 0.241 e. The fraction of sp³-hybridized carbons (Fsp3) is 0.500. The highest BCUT2D eigenvalue weighted by molar-refractivity contribution is 5.95. The highest BCUT2D eigenvalue weighted by Gasteiger charge is 2.27. The molecule has 0 aliphatic carbocycles. The first kappa shape index (κ1) is 17.0. The third-order valence-electron chi connectivity index (χ3n) is 3.02. The number of rotatable bonds is 6. The van der Waals surface area contributed by atoms with Crippen LogP contribution in [0.3, 0.4) is 0 Å². The lowest BCUT2D eigenvalue weighted by Crippen LogP contribution is -2.45. The molecule has 1 aromatic rings. The minimum atomic E-state index is -0.585. The molecule has 21 heavy (non-hydrogen) atoms. The summed E-state index contributed by atoms with van der Waals surface area (Å²) in [4.78, 5) is 12.1. The number of nitriles is 1. The predicted octanol–water partition coefficient (Wildman–Crippen LogP) is 2.68. The van der Waals surface area contributed by atoms with Crippen LogP contribution in [0.25, 0.3) is 0 Å². The maximum absolute atomic E-state index is 12.1. The van der Waals surface area contributed by atoms with Gasteiger partial charge in [-0.3, -0.25) is 4.79 Å². The molecule has 5 nitrogen and oxygen atoms in total. The zero-order valence-electron chi connectivity index (χ0n) is 12.8. The molecule has 0 aliphatic rings. The van der Waals surface area contributed by atoms with Crippen LogP contribution in [0.15, 0.2) is 24.3 Å². The summed E-state index contributed by atoms with van der Waals surface area (Å²) in [6.07, 6.45) is 1.15. The number of nitrogens with two attached hydrogens (primary N) is 1. The second-order valence-corrected chi connectivity index (χ2v) is 5.97. The Hall–Kier alpha value is -2.06. The van der Waals surface area contributed by atoms with Gasteiger partial charge in [-0.2, -0.15) is 5.26 Å². The molecule has 0 heterocycles. The summed E-state index contributed by atoms with van der Waals surface area (Å²) in [7, 11) is 0. The van der Waals surface area contributed by atoms with Crippen LogP contribution in [0.5, 0.6) is 5.75 Å². The largest absolute Gasteiger partial charge is 0.493 e. The summed E-state index contributed by atoms with van der Waals surface area (Å²) < 4.78 is 5.52. The van der Waals surface area contributed by atoms with E-state index in [0.29, 0.717) is 30.9 Å². The molecule has 0 aromatic heterocycles. The number of unbranched alkanes of at least 4 members (excludes halogenated alkanes) is 1. The number of carbonyl (C=O) groups excluding carboxylic acids is 1. The summed E-state index contributed by atoms with van der Waals surface area (Å²) in [6.45, 7) is 6.25. The van der Waals surface area contributed by atoms with E-state index in [2.05, 4.69) is 11.4 Å². The molecular formula is C16H23N3O2. The zero-order valence-corrected chi connectivity index (χ0v) is 12.8. The molecule has 0 radical (unpaired) electrons. The summed E-state index contributed by atoms with van der Waals surface area (Å²) >= 11 is 0. The number of hydrogen-bond donors (Lipinski definition) is 2. The quantitative estimate of drug-likeness (QED) is 0.788. The molecule has 1 atom stereocenters. The van der Waals surface area contributed by atoms with Crippen LogP contribution in [0, 0.1) is 16.7 Å². The van der Waals surface area contributed by atoms with Gasteiger partial charge in [-0.25, -0.2) is 0 Å². The van der Waals surface area contributed by atoms with E-state index in [4.69, 9.17) is 15.7 Å². The van der Waals surface area contributed by atoms with Crippen molar-refractivity contribution in [1.29, 1.82) is 5.26 Å². The number of amides is 1. The lowest BCUT2D eigenvalue weighted by Gasteiger charge is -2.25. The third kappa shape index (κ3) is 5.84. The van der Waals surface area contributed by atoms with Crippen LogP contribution in [0.4, 0.5) is 5.69 Å². The number of anilines is 1. The van der Waals surface area contributed by atoms with Gasteiger partial charge in [0.2, 0.25) is 5.91 Å². The van der Waals surface area contributed by atoms with Gasteiger partial charge in [0, 0.05) is 18.2 Å². The number of ether oxygens (including phenoxy) is 1. The van der Waals surface area contributed by atoms with Crippen molar-refractivity contribution < 1.29 is 9.53 Å². The summed E-state index contributed by atoms with van der Waals surface area (Å²) in [5.41, 5.74) is 6.27. The monoisotopic (exact) mass is 289 g/mol. The van der Waals surface area contributed by atoms with Crippen molar-refractivity contribution in [3.8, 4) is 11.8 Å². The van der Waals surface area contributed by atoms with Crippen molar-refractivity contribution in [2.45, 2.75) is 39.7 Å². The fourth-order valence-corrected chi connectivity index (χ4v) is 1.62. The van der Waals surface area contributed by atoms with Gasteiger partial charge in [-0.05, 0) is 24.0 Å². The minimum Gasteiger partial charge on any atom is -0.493 e. The van der Waals surface area contributed by atoms with Crippen molar-refractivity contribution in [3.63, 3.8) is 0 Å². The standard InChI is InChI=1S/C16H23N3O2/c1-16(2,3)14(18)15(20)19-12-7-6-8-13(11-12)21-10-5-4-9-17/h6-8,11,14H,4-5,10,18H2,1-3H3,(H,19,20)/t14-/m1/s1. The van der Waals surface area contributed by atoms with Crippen LogP contribution in [-0.2, 0) is 4.79 Å². The van der Waals surface area contributed by atoms with Gasteiger partial charge in [0.25, 0.3) is 0 Å². The van der Waals surface area contributed by atoms with Gasteiger partial charge in [-0.15, -0.1) is 0 Å². The highest BCUT2D eigenvalue weighted by Crippen LogP contribution is 2.21. The smallest absolute Gasteiger partial charge is 0.241 e. The number of nitrogens with zero attached hydrogens (tertiary/aromatic N) is 1. The Kier molecular flexibility index (Phi) is 6.19. The lowest BCUT2D eigenvalue weighted by atomic mass is 9.87. The van der Waals surface area contributed by atoms with Crippen molar-refractivity contribution in [3.05, 3.63) is 24.3 Å². The van der Waals surface area contributed by atoms with E-state index in [1.165, 1.54) is 0 Å². The van der Waals surface area contributed by atoms with E-state index in [9.17, 15) is 4.79 Å². The topological polar surface area (TPSA) is 88.1 Å². The molecular weight excluding hydrogens is 266 g/mol. The van der Waals surface area contributed by atoms with Gasteiger partial charge in [0.1, 0.15) is 5.75 Å². The predicted molar refractivity (Wildman–Crippen MR) is 82.8 cm³/mol. The Bertz CT molecular complexity index is 515. The Morgan fingerprint density at radius 1 is 1.48 bits per heavy atom. The van der Waals surface area contributed by atoms with Crippen molar-refractivity contribution in [1.82, 2.24) is 0 Å². The van der Waals surface area contributed by atoms with E-state index in [1.807, 2.05) is 26.8 Å². The molecule has 0 aliphatic heterocycles. The Labute approximate surface area is 126 Å². The van der Waals surface area contributed by atoms with Gasteiger partial charge in [0.05, 0.1) is 18.7 Å². The van der Waals surface area contributed by atoms with E-state index in [1.54, 1.807) is 18.2 Å².